The lowest BCUT2D eigenvalue weighted by Crippen LogP contribution is -2.62. The second kappa shape index (κ2) is 14.4. The summed E-state index contributed by atoms with van der Waals surface area (Å²) < 4.78 is 18.2. The highest BCUT2D eigenvalue weighted by atomic mass is 16.5. The van der Waals surface area contributed by atoms with Gasteiger partial charge in [0.2, 0.25) is 5.91 Å². The van der Waals surface area contributed by atoms with Crippen molar-refractivity contribution in [1.82, 2.24) is 5.32 Å². The van der Waals surface area contributed by atoms with Crippen molar-refractivity contribution < 1.29 is 24.1 Å². The predicted molar refractivity (Wildman–Crippen MR) is 149 cm³/mol. The van der Waals surface area contributed by atoms with E-state index in [2.05, 4.69) is 41.7 Å². The molecule has 4 rings (SSSR count). The van der Waals surface area contributed by atoms with Crippen molar-refractivity contribution in [2.45, 2.75) is 56.6 Å². The number of nitrogens with two attached hydrogens (primary N) is 1. The van der Waals surface area contributed by atoms with Gasteiger partial charge in [-0.2, -0.15) is 0 Å². The molecule has 38 heavy (non-hydrogen) atoms. The molecule has 0 radical (unpaired) electrons. The molecule has 0 heterocycles. The van der Waals surface area contributed by atoms with Gasteiger partial charge >= 0.3 is 0 Å². The zero-order valence-electron chi connectivity index (χ0n) is 22.1. The summed E-state index contributed by atoms with van der Waals surface area (Å²) >= 11 is 0. The number of carbonyl (C=O) groups is 1. The van der Waals surface area contributed by atoms with Gasteiger partial charge in [0, 0.05) is 19.4 Å². The summed E-state index contributed by atoms with van der Waals surface area (Å²) in [7, 11) is 1.63. The Morgan fingerprint density at radius 2 is 1.76 bits per heavy atom. The summed E-state index contributed by atoms with van der Waals surface area (Å²) in [6.07, 6.45) is 0.426. The van der Waals surface area contributed by atoms with E-state index in [-0.39, 0.29) is 17.9 Å². The van der Waals surface area contributed by atoms with Crippen LogP contribution in [-0.2, 0) is 32.0 Å². The molecule has 4 N–H and O–H groups in total. The van der Waals surface area contributed by atoms with Crippen LogP contribution in [0.1, 0.15) is 30.4 Å². The molecule has 7 nitrogen and oxygen atoms in total. The van der Waals surface area contributed by atoms with E-state index >= 15 is 0 Å². The lowest BCUT2D eigenvalue weighted by atomic mass is 9.79. The number of ether oxygens (including phenoxy) is 3. The molecular formula is C31H40N2O5. The van der Waals surface area contributed by atoms with Crippen LogP contribution in [0.25, 0.3) is 10.8 Å². The third kappa shape index (κ3) is 7.62. The van der Waals surface area contributed by atoms with Crippen molar-refractivity contribution in [2.75, 3.05) is 26.9 Å². The minimum absolute atomic E-state index is 0.117. The Labute approximate surface area is 225 Å². The molecule has 1 aliphatic carbocycles. The summed E-state index contributed by atoms with van der Waals surface area (Å²) in [6, 6.07) is 24.0. The van der Waals surface area contributed by atoms with E-state index in [0.29, 0.717) is 45.6 Å². The highest BCUT2D eigenvalue weighted by Crippen LogP contribution is 2.31. The molecule has 3 aromatic carbocycles. The van der Waals surface area contributed by atoms with Gasteiger partial charge in [0.05, 0.1) is 38.1 Å². The summed E-state index contributed by atoms with van der Waals surface area (Å²) in [4.78, 5) is 12.8. The van der Waals surface area contributed by atoms with Crippen LogP contribution in [0.2, 0.25) is 0 Å². The van der Waals surface area contributed by atoms with Crippen molar-refractivity contribution in [3.8, 4) is 0 Å². The number of hydrogen-bond donors (Lipinski definition) is 3. The summed E-state index contributed by atoms with van der Waals surface area (Å²) in [5.74, 6) is -0.297. The molecule has 1 aliphatic rings. The van der Waals surface area contributed by atoms with Crippen LogP contribution in [0.5, 0.6) is 0 Å². The van der Waals surface area contributed by atoms with Crippen LogP contribution < -0.4 is 11.1 Å². The lowest BCUT2D eigenvalue weighted by molar-refractivity contribution is -0.163. The summed E-state index contributed by atoms with van der Waals surface area (Å²) in [5.41, 5.74) is 7.81. The molecule has 5 atom stereocenters. The number of amides is 1. The lowest BCUT2D eigenvalue weighted by Gasteiger charge is -2.44. The Bertz CT molecular complexity index is 1140. The normalized spacial score (nSPS) is 23.4. The second-order valence-corrected chi connectivity index (χ2v) is 10.0. The minimum atomic E-state index is -0.816. The Kier molecular flexibility index (Phi) is 10.7. The molecule has 0 aliphatic heterocycles. The fourth-order valence-electron chi connectivity index (χ4n) is 5.22. The second-order valence-electron chi connectivity index (χ2n) is 10.0. The molecule has 7 heteroatoms. The maximum Gasteiger partial charge on any atom is 0.220 e. The van der Waals surface area contributed by atoms with Crippen LogP contribution in [0, 0.1) is 5.92 Å². The fourth-order valence-corrected chi connectivity index (χ4v) is 5.22. The third-order valence-corrected chi connectivity index (χ3v) is 7.25. The van der Waals surface area contributed by atoms with Crippen molar-refractivity contribution >= 4 is 16.7 Å². The average Bonchev–Trinajstić information content (AvgIpc) is 2.94. The molecule has 1 saturated carbocycles. The molecule has 0 bridgehead atoms. The van der Waals surface area contributed by atoms with Crippen molar-refractivity contribution in [3.63, 3.8) is 0 Å². The number of nitrogens with one attached hydrogen (secondary N) is 1. The SMILES string of the molecule is COC[C@H]1C[C@H](OCCc2ccccc2)[C@H](NC(=O)CCCN)[C@@H](OCc2ccc3ccccc3c2)[C@@H]1O. The highest BCUT2D eigenvalue weighted by molar-refractivity contribution is 5.83. The van der Waals surface area contributed by atoms with Gasteiger partial charge in [0.15, 0.2) is 0 Å². The van der Waals surface area contributed by atoms with Gasteiger partial charge in [-0.25, -0.2) is 0 Å². The van der Waals surface area contributed by atoms with Gasteiger partial charge in [-0.15, -0.1) is 0 Å². The number of aliphatic hydroxyl groups is 1. The number of aliphatic hydroxyl groups excluding tert-OH is 1. The van der Waals surface area contributed by atoms with Crippen LogP contribution in [-0.4, -0.2) is 62.2 Å². The van der Waals surface area contributed by atoms with Crippen molar-refractivity contribution in [2.24, 2.45) is 11.7 Å². The molecule has 1 amide bonds. The van der Waals surface area contributed by atoms with E-state index < -0.39 is 18.2 Å². The van der Waals surface area contributed by atoms with E-state index in [4.69, 9.17) is 19.9 Å². The molecule has 204 valence electrons. The van der Waals surface area contributed by atoms with Gasteiger partial charge in [-0.1, -0.05) is 66.7 Å². The number of fused-ring (bicyclic) bond motifs is 1. The highest BCUT2D eigenvalue weighted by Gasteiger charge is 2.46. The van der Waals surface area contributed by atoms with Gasteiger partial charge in [0.25, 0.3) is 0 Å². The van der Waals surface area contributed by atoms with E-state index in [0.717, 1.165) is 22.8 Å². The van der Waals surface area contributed by atoms with Gasteiger partial charge in [0.1, 0.15) is 6.10 Å². The van der Waals surface area contributed by atoms with E-state index in [1.54, 1.807) is 7.11 Å². The maximum atomic E-state index is 12.8. The van der Waals surface area contributed by atoms with Crippen LogP contribution in [0.3, 0.4) is 0 Å². The van der Waals surface area contributed by atoms with Crippen molar-refractivity contribution in [1.29, 1.82) is 0 Å². The Morgan fingerprint density at radius 1 is 1.00 bits per heavy atom. The molecule has 3 aromatic rings. The Hall–Kier alpha value is -2.81. The standard InChI is InChI=1S/C31H40N2O5/c1-36-21-26-19-27(37-17-15-22-8-3-2-4-9-22)29(33-28(34)12-7-16-32)31(30(26)35)38-20-23-13-14-24-10-5-6-11-25(24)18-23/h2-6,8-11,13-14,18,26-27,29-31,35H,7,12,15-17,19-21,32H2,1H3,(H,33,34)/t26-,27+,29+,30-,31-/m1/s1. The average molecular weight is 521 g/mol. The largest absolute Gasteiger partial charge is 0.390 e. The zero-order valence-corrected chi connectivity index (χ0v) is 22.1. The van der Waals surface area contributed by atoms with Gasteiger partial charge in [-0.3, -0.25) is 4.79 Å². The van der Waals surface area contributed by atoms with Crippen LogP contribution in [0.4, 0.5) is 0 Å². The van der Waals surface area contributed by atoms with E-state index in [1.807, 2.05) is 36.4 Å². The fraction of sp³-hybridized carbons (Fsp3) is 0.452. The first-order valence-corrected chi connectivity index (χ1v) is 13.5. The number of hydrogen-bond acceptors (Lipinski definition) is 6. The summed E-state index contributed by atoms with van der Waals surface area (Å²) in [6.45, 7) is 1.62. The Morgan fingerprint density at radius 3 is 2.53 bits per heavy atom. The molecule has 0 saturated heterocycles. The van der Waals surface area contributed by atoms with E-state index in [1.165, 1.54) is 5.56 Å². The van der Waals surface area contributed by atoms with Gasteiger partial charge < -0.3 is 30.4 Å². The molecule has 0 spiro atoms. The molecule has 1 fully saturated rings. The van der Waals surface area contributed by atoms with Crippen molar-refractivity contribution in [3.05, 3.63) is 83.9 Å². The topological polar surface area (TPSA) is 103 Å². The smallest absolute Gasteiger partial charge is 0.220 e. The molecule has 0 aromatic heterocycles. The van der Waals surface area contributed by atoms with Crippen LogP contribution >= 0.6 is 0 Å². The van der Waals surface area contributed by atoms with E-state index in [9.17, 15) is 9.90 Å². The summed E-state index contributed by atoms with van der Waals surface area (Å²) in [5, 5.41) is 16.8. The molecular weight excluding hydrogens is 480 g/mol. The number of methoxy groups -OCH3 is 1. The zero-order chi connectivity index (χ0) is 26.7. The first-order chi connectivity index (χ1) is 18.6. The minimum Gasteiger partial charge on any atom is -0.390 e. The first-order valence-electron chi connectivity index (χ1n) is 13.5. The predicted octanol–water partition coefficient (Wildman–Crippen LogP) is 3.60. The third-order valence-electron chi connectivity index (χ3n) is 7.25. The first kappa shape index (κ1) is 28.2. The Balaban J connectivity index is 1.52. The quantitative estimate of drug-likeness (QED) is 0.318. The maximum absolute atomic E-state index is 12.8. The number of rotatable bonds is 13. The monoisotopic (exact) mass is 520 g/mol. The number of benzene rings is 3. The van der Waals surface area contributed by atoms with Gasteiger partial charge in [-0.05, 0) is 53.8 Å². The number of carbonyl (C=O) groups excluding carboxylic acids is 1. The van der Waals surface area contributed by atoms with Crippen LogP contribution in [0.15, 0.2) is 72.8 Å². The molecule has 0 unspecified atom stereocenters.